The first-order valence-corrected chi connectivity index (χ1v) is 8.89. The van der Waals surface area contributed by atoms with Crippen molar-refractivity contribution in [1.82, 2.24) is 4.90 Å². The third-order valence-corrected chi connectivity index (χ3v) is 5.42. The maximum Gasteiger partial charge on any atom is 0.265 e. The molecule has 22 heavy (non-hydrogen) atoms. The van der Waals surface area contributed by atoms with E-state index in [-0.39, 0.29) is 11.8 Å². The molecular formula is C15H13BrN2O2S2. The topological polar surface area (TPSA) is 49.4 Å². The summed E-state index contributed by atoms with van der Waals surface area (Å²) in [7, 11) is 0. The van der Waals surface area contributed by atoms with Gasteiger partial charge in [-0.2, -0.15) is 0 Å². The van der Waals surface area contributed by atoms with E-state index in [0.717, 1.165) is 22.1 Å². The smallest absolute Gasteiger partial charge is 0.265 e. The van der Waals surface area contributed by atoms with E-state index in [9.17, 15) is 9.59 Å². The number of thiocarbonyl (C=S) groups is 1. The van der Waals surface area contributed by atoms with Gasteiger partial charge in [-0.15, -0.1) is 0 Å². The van der Waals surface area contributed by atoms with E-state index < -0.39 is 5.92 Å². The van der Waals surface area contributed by atoms with Crippen LogP contribution in [0.1, 0.15) is 24.8 Å². The molecule has 0 spiro atoms. The molecule has 7 heteroatoms. The van der Waals surface area contributed by atoms with Crippen LogP contribution in [0, 0.1) is 0 Å². The summed E-state index contributed by atoms with van der Waals surface area (Å²) in [5.41, 5.74) is 1.67. The second-order valence-electron chi connectivity index (χ2n) is 5.05. The lowest BCUT2D eigenvalue weighted by molar-refractivity contribution is -0.122. The van der Waals surface area contributed by atoms with Crippen LogP contribution >= 0.6 is 39.9 Å². The molecule has 4 nitrogen and oxygen atoms in total. The molecular weight excluding hydrogens is 384 g/mol. The molecule has 2 heterocycles. The average molecular weight is 397 g/mol. The molecule has 0 radical (unpaired) electrons. The normalized spacial score (nSPS) is 22.5. The summed E-state index contributed by atoms with van der Waals surface area (Å²) in [5, 5.41) is 2.84. The largest absolute Gasteiger partial charge is 0.325 e. The summed E-state index contributed by atoms with van der Waals surface area (Å²) in [6.45, 7) is 2.61. The van der Waals surface area contributed by atoms with Gasteiger partial charge < -0.3 is 5.32 Å². The van der Waals surface area contributed by atoms with Crippen molar-refractivity contribution in [1.29, 1.82) is 0 Å². The number of nitrogens with one attached hydrogen (secondary N) is 1. The van der Waals surface area contributed by atoms with Crippen LogP contribution in [0.2, 0.25) is 0 Å². The lowest BCUT2D eigenvalue weighted by Gasteiger charge is -2.12. The van der Waals surface area contributed by atoms with E-state index in [1.807, 2.05) is 25.1 Å². The molecule has 2 amide bonds. The van der Waals surface area contributed by atoms with Crippen LogP contribution in [0.5, 0.6) is 0 Å². The first-order chi connectivity index (χ1) is 10.5. The van der Waals surface area contributed by atoms with Crippen molar-refractivity contribution >= 4 is 61.7 Å². The van der Waals surface area contributed by atoms with Gasteiger partial charge in [0.05, 0.1) is 10.8 Å². The monoisotopic (exact) mass is 396 g/mol. The number of thioether (sulfide) groups is 1. The molecule has 0 aromatic heterocycles. The van der Waals surface area contributed by atoms with Crippen LogP contribution in [-0.4, -0.2) is 27.6 Å². The van der Waals surface area contributed by atoms with E-state index >= 15 is 0 Å². The van der Waals surface area contributed by atoms with Crippen molar-refractivity contribution in [3.63, 3.8) is 0 Å². The number of carbonyl (C=O) groups excluding carboxylic acids is 2. The van der Waals surface area contributed by atoms with E-state index in [1.54, 1.807) is 11.0 Å². The summed E-state index contributed by atoms with van der Waals surface area (Å²) in [6.07, 6.45) is 2.57. The zero-order valence-electron chi connectivity index (χ0n) is 11.8. The molecule has 0 saturated carbocycles. The molecule has 3 rings (SSSR count). The minimum Gasteiger partial charge on any atom is -0.325 e. The molecule has 0 bridgehead atoms. The first-order valence-electron chi connectivity index (χ1n) is 6.87. The summed E-state index contributed by atoms with van der Waals surface area (Å²) >= 11 is 9.93. The van der Waals surface area contributed by atoms with E-state index in [0.29, 0.717) is 15.8 Å². The molecule has 1 atom stereocenters. The van der Waals surface area contributed by atoms with Crippen molar-refractivity contribution in [2.75, 3.05) is 11.9 Å². The van der Waals surface area contributed by atoms with Crippen molar-refractivity contribution in [2.24, 2.45) is 0 Å². The Labute approximate surface area is 146 Å². The predicted molar refractivity (Wildman–Crippen MR) is 95.8 cm³/mol. The molecule has 1 N–H and O–H groups in total. The second kappa shape index (κ2) is 6.14. The molecule has 2 aliphatic heterocycles. The fraction of sp³-hybridized carbons (Fsp3) is 0.267. The van der Waals surface area contributed by atoms with Gasteiger partial charge in [0.25, 0.3) is 5.91 Å². The summed E-state index contributed by atoms with van der Waals surface area (Å²) in [4.78, 5) is 26.7. The number of carbonyl (C=O) groups is 2. The SMILES string of the molecule is CCCN1C(=O)/C(=C/[C@@H]2C(=O)Nc3ccc(Br)cc32)SC1=S. The molecule has 114 valence electrons. The van der Waals surface area contributed by atoms with Gasteiger partial charge in [0.15, 0.2) is 0 Å². The molecule has 0 unspecified atom stereocenters. The number of amides is 2. The predicted octanol–water partition coefficient (Wildman–Crippen LogP) is 3.64. The maximum absolute atomic E-state index is 12.4. The average Bonchev–Trinajstić information content (AvgIpc) is 2.92. The van der Waals surface area contributed by atoms with Gasteiger partial charge >= 0.3 is 0 Å². The van der Waals surface area contributed by atoms with Crippen LogP contribution in [0.15, 0.2) is 33.7 Å². The fourth-order valence-electron chi connectivity index (χ4n) is 2.50. The first kappa shape index (κ1) is 15.7. The highest BCUT2D eigenvalue weighted by Crippen LogP contribution is 2.39. The van der Waals surface area contributed by atoms with Crippen LogP contribution in [0.4, 0.5) is 5.69 Å². The molecule has 1 aromatic carbocycles. The number of hydrogen-bond donors (Lipinski definition) is 1. The van der Waals surface area contributed by atoms with E-state index in [4.69, 9.17) is 12.2 Å². The van der Waals surface area contributed by atoms with Crippen molar-refractivity contribution in [3.05, 3.63) is 39.2 Å². The Hall–Kier alpha value is -1.18. The summed E-state index contributed by atoms with van der Waals surface area (Å²) in [5.74, 6) is -0.676. The van der Waals surface area contributed by atoms with Crippen LogP contribution < -0.4 is 5.32 Å². The lowest BCUT2D eigenvalue weighted by atomic mass is 10.00. The van der Waals surface area contributed by atoms with Gasteiger partial charge in [-0.05, 0) is 36.3 Å². The highest BCUT2D eigenvalue weighted by molar-refractivity contribution is 9.10. The number of rotatable bonds is 3. The zero-order chi connectivity index (χ0) is 15.9. The summed E-state index contributed by atoms with van der Waals surface area (Å²) in [6, 6.07) is 5.64. The molecule has 1 aromatic rings. The van der Waals surface area contributed by atoms with Crippen molar-refractivity contribution in [3.8, 4) is 0 Å². The molecule has 2 aliphatic rings. The number of halogens is 1. The maximum atomic E-state index is 12.4. The Kier molecular flexibility index (Phi) is 4.38. The number of nitrogens with zero attached hydrogens (tertiary/aromatic N) is 1. The van der Waals surface area contributed by atoms with Gasteiger partial charge in [0.2, 0.25) is 5.91 Å². The minimum absolute atomic E-state index is 0.104. The van der Waals surface area contributed by atoms with Gasteiger partial charge in [-0.1, -0.05) is 46.8 Å². The quantitative estimate of drug-likeness (QED) is 0.625. The standard InChI is InChI=1S/C15H13BrN2O2S2/c1-2-5-18-14(20)12(22-15(18)21)7-10-9-6-8(16)3-4-11(9)17-13(10)19/h3-4,6-7,10H,2,5H2,1H3,(H,17,19)/b12-7-/t10-/m0/s1. The third-order valence-electron chi connectivity index (χ3n) is 3.53. The van der Waals surface area contributed by atoms with E-state index in [2.05, 4.69) is 21.2 Å². The van der Waals surface area contributed by atoms with Crippen molar-refractivity contribution in [2.45, 2.75) is 19.3 Å². The molecule has 0 aliphatic carbocycles. The van der Waals surface area contributed by atoms with Gasteiger partial charge in [-0.25, -0.2) is 0 Å². The Morgan fingerprint density at radius 1 is 1.45 bits per heavy atom. The highest BCUT2D eigenvalue weighted by atomic mass is 79.9. The second-order valence-corrected chi connectivity index (χ2v) is 7.65. The lowest BCUT2D eigenvalue weighted by Crippen LogP contribution is -2.28. The number of hydrogen-bond acceptors (Lipinski definition) is 4. The Morgan fingerprint density at radius 3 is 2.95 bits per heavy atom. The van der Waals surface area contributed by atoms with Gasteiger partial charge in [0, 0.05) is 16.7 Å². The Morgan fingerprint density at radius 2 is 2.23 bits per heavy atom. The van der Waals surface area contributed by atoms with Crippen LogP contribution in [-0.2, 0) is 9.59 Å². The van der Waals surface area contributed by atoms with Crippen LogP contribution in [0.3, 0.4) is 0 Å². The van der Waals surface area contributed by atoms with E-state index in [1.165, 1.54) is 11.8 Å². The summed E-state index contributed by atoms with van der Waals surface area (Å²) < 4.78 is 1.46. The minimum atomic E-state index is -0.455. The molecule has 1 fully saturated rings. The Bertz CT molecular complexity index is 717. The number of benzene rings is 1. The van der Waals surface area contributed by atoms with Crippen LogP contribution in [0.25, 0.3) is 0 Å². The highest BCUT2D eigenvalue weighted by Gasteiger charge is 2.35. The Balaban J connectivity index is 1.93. The van der Waals surface area contributed by atoms with Gasteiger partial charge in [-0.3, -0.25) is 14.5 Å². The zero-order valence-corrected chi connectivity index (χ0v) is 15.0. The number of fused-ring (bicyclic) bond motifs is 1. The van der Waals surface area contributed by atoms with Crippen molar-refractivity contribution < 1.29 is 9.59 Å². The van der Waals surface area contributed by atoms with Gasteiger partial charge in [0.1, 0.15) is 4.32 Å². The third kappa shape index (κ3) is 2.73. The fourth-order valence-corrected chi connectivity index (χ4v) is 4.20. The number of anilines is 1. The molecule has 1 saturated heterocycles.